The van der Waals surface area contributed by atoms with Gasteiger partial charge in [0.05, 0.1) is 13.1 Å². The minimum atomic E-state index is 0.733. The van der Waals surface area contributed by atoms with Gasteiger partial charge in [0.1, 0.15) is 23.6 Å². The van der Waals surface area contributed by atoms with Gasteiger partial charge < -0.3 is 13.4 Å². The molecule has 0 aliphatic carbocycles. The Morgan fingerprint density at radius 2 is 1.93 bits per heavy atom. The van der Waals surface area contributed by atoms with E-state index in [1.165, 1.54) is 24.6 Å². The number of aryl methyl sites for hydroxylation is 2. The molecule has 0 radical (unpaired) electrons. The van der Waals surface area contributed by atoms with E-state index in [-0.39, 0.29) is 0 Å². The molecule has 1 aliphatic rings. The topological polar surface area (TPSA) is 63.5 Å². The Hall–Kier alpha value is -2.03. The molecule has 0 saturated carbocycles. The van der Waals surface area contributed by atoms with Gasteiger partial charge in [0.25, 0.3) is 0 Å². The molecule has 29 heavy (non-hydrogen) atoms. The van der Waals surface area contributed by atoms with E-state index in [4.69, 9.17) is 8.83 Å². The fraction of sp³-hybridized carbons (Fsp3) is 0.524. The van der Waals surface area contributed by atoms with Crippen LogP contribution < -0.4 is 0 Å². The molecule has 8 heteroatoms. The van der Waals surface area contributed by atoms with E-state index in [0.717, 1.165) is 66.2 Å². The highest BCUT2D eigenvalue weighted by Gasteiger charge is 2.21. The zero-order valence-corrected chi connectivity index (χ0v) is 18.2. The van der Waals surface area contributed by atoms with Crippen molar-refractivity contribution in [2.24, 2.45) is 13.0 Å². The Balaban J connectivity index is 1.20. The fourth-order valence-electron chi connectivity index (χ4n) is 3.84. The Kier molecular flexibility index (Phi) is 6.42. The van der Waals surface area contributed by atoms with Crippen molar-refractivity contribution in [1.82, 2.24) is 24.6 Å². The lowest BCUT2D eigenvalue weighted by molar-refractivity contribution is 0.137. The summed E-state index contributed by atoms with van der Waals surface area (Å²) >= 11 is 1.50. The van der Waals surface area contributed by atoms with Crippen LogP contribution in [0.1, 0.15) is 30.1 Å². The number of hydrogen-bond acceptors (Lipinski definition) is 7. The molecule has 0 bridgehead atoms. The molecule has 0 aromatic carbocycles. The van der Waals surface area contributed by atoms with Gasteiger partial charge in [-0.05, 0) is 81.8 Å². The van der Waals surface area contributed by atoms with E-state index in [0.29, 0.717) is 0 Å². The standard InChI is InChI=1S/C21H29N5O2S/c1-16-4-5-19(27-16)14-26-10-8-17(9-11-26)12-24(2)13-18-6-7-20(28-18)29-21-23-22-15-25(21)3/h4-7,15,17H,8-14H2,1-3H3. The maximum atomic E-state index is 5.98. The van der Waals surface area contributed by atoms with Crippen LogP contribution in [-0.2, 0) is 20.1 Å². The molecule has 0 amide bonds. The highest BCUT2D eigenvalue weighted by atomic mass is 32.2. The molecule has 7 nitrogen and oxygen atoms in total. The quantitative estimate of drug-likeness (QED) is 0.554. The van der Waals surface area contributed by atoms with Gasteiger partial charge in [-0.15, -0.1) is 10.2 Å². The normalized spacial score (nSPS) is 16.1. The van der Waals surface area contributed by atoms with Crippen LogP contribution in [0.4, 0.5) is 0 Å². The van der Waals surface area contributed by atoms with Gasteiger partial charge in [0.2, 0.25) is 0 Å². The predicted molar refractivity (Wildman–Crippen MR) is 112 cm³/mol. The summed E-state index contributed by atoms with van der Waals surface area (Å²) in [6, 6.07) is 8.21. The fourth-order valence-corrected chi connectivity index (χ4v) is 4.59. The third-order valence-electron chi connectivity index (χ3n) is 5.38. The van der Waals surface area contributed by atoms with Gasteiger partial charge in [-0.3, -0.25) is 9.80 Å². The lowest BCUT2D eigenvalue weighted by Crippen LogP contribution is -2.37. The number of rotatable bonds is 8. The first kappa shape index (κ1) is 20.3. The highest BCUT2D eigenvalue weighted by Crippen LogP contribution is 2.28. The number of likely N-dealkylation sites (tertiary alicyclic amines) is 1. The van der Waals surface area contributed by atoms with Crippen LogP contribution in [0.2, 0.25) is 0 Å². The summed E-state index contributed by atoms with van der Waals surface area (Å²) in [6.07, 6.45) is 4.16. The second kappa shape index (κ2) is 9.19. The van der Waals surface area contributed by atoms with Crippen molar-refractivity contribution in [1.29, 1.82) is 0 Å². The molecule has 0 spiro atoms. The molecule has 0 atom stereocenters. The van der Waals surface area contributed by atoms with Crippen LogP contribution in [0.25, 0.3) is 0 Å². The zero-order valence-electron chi connectivity index (χ0n) is 17.4. The Morgan fingerprint density at radius 1 is 1.14 bits per heavy atom. The van der Waals surface area contributed by atoms with E-state index in [9.17, 15) is 0 Å². The average Bonchev–Trinajstić information content (AvgIpc) is 3.41. The molecular weight excluding hydrogens is 386 g/mol. The van der Waals surface area contributed by atoms with E-state index < -0.39 is 0 Å². The monoisotopic (exact) mass is 415 g/mol. The molecule has 156 valence electrons. The second-order valence-corrected chi connectivity index (χ2v) is 8.95. The molecule has 4 heterocycles. The summed E-state index contributed by atoms with van der Waals surface area (Å²) in [4.78, 5) is 4.86. The minimum absolute atomic E-state index is 0.733. The third kappa shape index (κ3) is 5.52. The first-order valence-corrected chi connectivity index (χ1v) is 10.9. The van der Waals surface area contributed by atoms with Crippen LogP contribution in [-0.4, -0.2) is 51.2 Å². The SMILES string of the molecule is Cc1ccc(CN2CCC(CN(C)Cc3ccc(Sc4nncn4C)o3)CC2)o1. The molecule has 1 aliphatic heterocycles. The molecule has 3 aromatic rings. The molecule has 0 unspecified atom stereocenters. The number of nitrogens with zero attached hydrogens (tertiary/aromatic N) is 5. The van der Waals surface area contributed by atoms with E-state index >= 15 is 0 Å². The van der Waals surface area contributed by atoms with Crippen molar-refractivity contribution in [2.45, 2.75) is 43.1 Å². The highest BCUT2D eigenvalue weighted by molar-refractivity contribution is 7.99. The summed E-state index contributed by atoms with van der Waals surface area (Å²) in [7, 11) is 4.11. The van der Waals surface area contributed by atoms with Crippen LogP contribution in [0.5, 0.6) is 0 Å². The molecule has 4 rings (SSSR count). The van der Waals surface area contributed by atoms with E-state index in [1.807, 2.05) is 30.7 Å². The van der Waals surface area contributed by atoms with Crippen molar-refractivity contribution < 1.29 is 8.83 Å². The van der Waals surface area contributed by atoms with Gasteiger partial charge >= 0.3 is 0 Å². The van der Waals surface area contributed by atoms with Crippen LogP contribution in [0.3, 0.4) is 0 Å². The molecule has 0 N–H and O–H groups in total. The maximum Gasteiger partial charge on any atom is 0.198 e. The summed E-state index contributed by atoms with van der Waals surface area (Å²) in [5, 5.41) is 9.67. The Bertz CT molecular complexity index is 910. The summed E-state index contributed by atoms with van der Waals surface area (Å²) < 4.78 is 13.6. The van der Waals surface area contributed by atoms with Gasteiger partial charge in [0.15, 0.2) is 10.2 Å². The average molecular weight is 416 g/mol. The van der Waals surface area contributed by atoms with Gasteiger partial charge in [-0.25, -0.2) is 0 Å². The number of hydrogen-bond donors (Lipinski definition) is 0. The molecule has 3 aromatic heterocycles. The zero-order chi connectivity index (χ0) is 20.2. The first-order chi connectivity index (χ1) is 14.0. The van der Waals surface area contributed by atoms with Crippen molar-refractivity contribution in [3.05, 3.63) is 47.9 Å². The molecule has 1 fully saturated rings. The summed E-state index contributed by atoms with van der Waals surface area (Å²) in [5.74, 6) is 3.79. The van der Waals surface area contributed by atoms with Crippen LogP contribution in [0.15, 0.2) is 49.7 Å². The molecule has 1 saturated heterocycles. The van der Waals surface area contributed by atoms with E-state index in [1.54, 1.807) is 6.33 Å². The smallest absolute Gasteiger partial charge is 0.198 e. The lowest BCUT2D eigenvalue weighted by Gasteiger charge is -2.33. The Morgan fingerprint density at radius 3 is 2.62 bits per heavy atom. The first-order valence-electron chi connectivity index (χ1n) is 10.1. The number of piperidine rings is 1. The lowest BCUT2D eigenvalue weighted by atomic mass is 9.96. The van der Waals surface area contributed by atoms with Crippen molar-refractivity contribution >= 4 is 11.8 Å². The van der Waals surface area contributed by atoms with Gasteiger partial charge in [-0.2, -0.15) is 0 Å². The van der Waals surface area contributed by atoms with Crippen molar-refractivity contribution in [2.75, 3.05) is 26.7 Å². The van der Waals surface area contributed by atoms with E-state index in [2.05, 4.69) is 39.2 Å². The number of aromatic nitrogens is 3. The van der Waals surface area contributed by atoms with Gasteiger partial charge in [-0.1, -0.05) is 0 Å². The molecular formula is C21H29N5O2S. The Labute approximate surface area is 176 Å². The van der Waals surface area contributed by atoms with Crippen LogP contribution in [0, 0.1) is 12.8 Å². The number of furan rings is 2. The minimum Gasteiger partial charge on any atom is -0.465 e. The maximum absolute atomic E-state index is 5.98. The largest absolute Gasteiger partial charge is 0.465 e. The van der Waals surface area contributed by atoms with Crippen molar-refractivity contribution in [3.63, 3.8) is 0 Å². The predicted octanol–water partition coefficient (Wildman–Crippen LogP) is 3.80. The third-order valence-corrected chi connectivity index (χ3v) is 6.35. The van der Waals surface area contributed by atoms with Gasteiger partial charge in [0, 0.05) is 13.6 Å². The summed E-state index contributed by atoms with van der Waals surface area (Å²) in [6.45, 7) is 7.12. The van der Waals surface area contributed by atoms with Crippen LogP contribution >= 0.6 is 11.8 Å². The summed E-state index contributed by atoms with van der Waals surface area (Å²) in [5.41, 5.74) is 0. The van der Waals surface area contributed by atoms with Crippen molar-refractivity contribution in [3.8, 4) is 0 Å². The second-order valence-electron chi connectivity index (χ2n) is 7.98.